The maximum Gasteiger partial charge on any atom is 0.416 e. The van der Waals surface area contributed by atoms with E-state index in [1.807, 2.05) is 6.92 Å². The predicted molar refractivity (Wildman–Crippen MR) is 125 cm³/mol. The number of fused-ring (bicyclic) bond motifs is 1. The van der Waals surface area contributed by atoms with E-state index in [9.17, 15) is 27.9 Å². The Bertz CT molecular complexity index is 1240. The molecule has 0 saturated heterocycles. The van der Waals surface area contributed by atoms with Gasteiger partial charge in [-0.05, 0) is 41.7 Å². The number of hydrogen-bond donors (Lipinski definition) is 2. The molecule has 2 N–H and O–H groups in total. The van der Waals surface area contributed by atoms with E-state index in [4.69, 9.17) is 16.3 Å². The first-order valence-electron chi connectivity index (χ1n) is 10.7. The van der Waals surface area contributed by atoms with Crippen molar-refractivity contribution >= 4 is 34.2 Å². The van der Waals surface area contributed by atoms with Gasteiger partial charge in [0.05, 0.1) is 11.1 Å². The van der Waals surface area contributed by atoms with Crippen LogP contribution in [0.3, 0.4) is 0 Å². The van der Waals surface area contributed by atoms with E-state index >= 15 is 0 Å². The average Bonchev–Trinajstić information content (AvgIpc) is 2.80. The maximum absolute atomic E-state index is 13.2. The summed E-state index contributed by atoms with van der Waals surface area (Å²) in [4.78, 5) is 29.1. The maximum atomic E-state index is 13.2. The van der Waals surface area contributed by atoms with Gasteiger partial charge < -0.3 is 15.2 Å². The number of carbonyl (C=O) groups excluding carboxylic acids is 1. The molecule has 0 aliphatic heterocycles. The number of halogens is 4. The van der Waals surface area contributed by atoms with Crippen molar-refractivity contribution in [3.05, 3.63) is 70.5 Å². The zero-order valence-electron chi connectivity index (χ0n) is 19.2. The molecule has 10 heteroatoms. The van der Waals surface area contributed by atoms with Crippen molar-refractivity contribution in [1.82, 2.24) is 10.3 Å². The average molecular weight is 509 g/mol. The quantitative estimate of drug-likeness (QED) is 0.359. The Morgan fingerprint density at radius 2 is 1.80 bits per heavy atom. The molecule has 3 aromatic rings. The number of aliphatic carboxylic acids is 1. The Labute approximate surface area is 205 Å². The third-order valence-corrected chi connectivity index (χ3v) is 6.15. The van der Waals surface area contributed by atoms with Gasteiger partial charge in [0.15, 0.2) is 0 Å². The number of carbonyl (C=O) groups is 2. The minimum atomic E-state index is -4.46. The highest BCUT2D eigenvalue weighted by Crippen LogP contribution is 2.34. The summed E-state index contributed by atoms with van der Waals surface area (Å²) in [5.74, 6) is -1.73. The standard InChI is InChI=1S/C25H24ClF3N2O4/c1-4-24(2,3)21(23(33)34)31-22(32)17-10-7-15-12-30-19(26)11-18(15)20(17)35-13-14-5-8-16(9-6-14)25(27,28)29/h5-12,21H,4,13H2,1-3H3,(H,31,32)(H,33,34)/t21-/m1/s1. The van der Waals surface area contributed by atoms with Crippen molar-refractivity contribution < 1.29 is 32.6 Å². The molecule has 2 aromatic carbocycles. The second-order valence-electron chi connectivity index (χ2n) is 8.74. The van der Waals surface area contributed by atoms with Gasteiger partial charge in [0.2, 0.25) is 0 Å². The Kier molecular flexibility index (Phi) is 7.59. The molecule has 186 valence electrons. The van der Waals surface area contributed by atoms with Crippen molar-refractivity contribution in [3.63, 3.8) is 0 Å². The van der Waals surface area contributed by atoms with Gasteiger partial charge in [0.1, 0.15) is 23.6 Å². The monoisotopic (exact) mass is 508 g/mol. The molecule has 0 aliphatic carbocycles. The molecule has 1 amide bonds. The van der Waals surface area contributed by atoms with Gasteiger partial charge in [0.25, 0.3) is 5.91 Å². The topological polar surface area (TPSA) is 88.5 Å². The van der Waals surface area contributed by atoms with Gasteiger partial charge in [-0.25, -0.2) is 9.78 Å². The number of rotatable bonds is 8. The summed E-state index contributed by atoms with van der Waals surface area (Å²) >= 11 is 6.05. The lowest BCUT2D eigenvalue weighted by Gasteiger charge is -2.31. The van der Waals surface area contributed by atoms with Crippen LogP contribution in [0.1, 0.15) is 48.7 Å². The Balaban J connectivity index is 1.98. The second-order valence-corrected chi connectivity index (χ2v) is 9.13. The molecule has 35 heavy (non-hydrogen) atoms. The summed E-state index contributed by atoms with van der Waals surface area (Å²) in [6.45, 7) is 5.16. The molecular weight excluding hydrogens is 485 g/mol. The van der Waals surface area contributed by atoms with Crippen LogP contribution >= 0.6 is 11.6 Å². The van der Waals surface area contributed by atoms with Crippen LogP contribution in [-0.4, -0.2) is 28.0 Å². The molecule has 0 bridgehead atoms. The van der Waals surface area contributed by atoms with E-state index in [1.54, 1.807) is 19.9 Å². The number of carboxylic acids is 1. The summed E-state index contributed by atoms with van der Waals surface area (Å²) in [6.07, 6.45) is -2.47. The molecule has 1 heterocycles. The molecule has 0 unspecified atom stereocenters. The number of ether oxygens (including phenoxy) is 1. The minimum Gasteiger partial charge on any atom is -0.487 e. The fourth-order valence-corrected chi connectivity index (χ4v) is 3.61. The summed E-state index contributed by atoms with van der Waals surface area (Å²) < 4.78 is 44.5. The van der Waals surface area contributed by atoms with Crippen LogP contribution in [0.2, 0.25) is 5.15 Å². The van der Waals surface area contributed by atoms with Crippen LogP contribution in [0.15, 0.2) is 48.7 Å². The number of amides is 1. The molecule has 0 fully saturated rings. The summed E-state index contributed by atoms with van der Waals surface area (Å²) in [6, 6.07) is 7.90. The molecule has 0 radical (unpaired) electrons. The zero-order chi connectivity index (χ0) is 26.0. The zero-order valence-corrected chi connectivity index (χ0v) is 20.0. The Hall–Kier alpha value is -3.33. The van der Waals surface area contributed by atoms with Crippen LogP contribution in [-0.2, 0) is 17.6 Å². The lowest BCUT2D eigenvalue weighted by atomic mass is 9.81. The van der Waals surface area contributed by atoms with E-state index in [-0.39, 0.29) is 23.1 Å². The third-order valence-electron chi connectivity index (χ3n) is 5.94. The highest BCUT2D eigenvalue weighted by Gasteiger charge is 2.36. The highest BCUT2D eigenvalue weighted by atomic mass is 35.5. The number of pyridine rings is 1. The molecule has 0 aliphatic rings. The SMILES string of the molecule is CCC(C)(C)[C@H](NC(=O)c1ccc2cnc(Cl)cc2c1OCc1ccc(C(F)(F)F)cc1)C(=O)O. The summed E-state index contributed by atoms with van der Waals surface area (Å²) in [7, 11) is 0. The van der Waals surface area contributed by atoms with Gasteiger partial charge in [-0.3, -0.25) is 4.79 Å². The van der Waals surface area contributed by atoms with E-state index < -0.39 is 35.1 Å². The lowest BCUT2D eigenvalue weighted by Crippen LogP contribution is -2.50. The fraction of sp³-hybridized carbons (Fsp3) is 0.320. The number of carboxylic acid groups (broad SMARTS) is 1. The van der Waals surface area contributed by atoms with Crippen LogP contribution < -0.4 is 10.1 Å². The lowest BCUT2D eigenvalue weighted by molar-refractivity contribution is -0.142. The van der Waals surface area contributed by atoms with E-state index in [0.717, 1.165) is 12.1 Å². The number of alkyl halides is 3. The minimum absolute atomic E-state index is 0.0600. The summed E-state index contributed by atoms with van der Waals surface area (Å²) in [5, 5.41) is 13.5. The molecule has 0 spiro atoms. The molecule has 1 atom stereocenters. The summed E-state index contributed by atoms with van der Waals surface area (Å²) in [5.41, 5.74) is -1.02. The van der Waals surface area contributed by atoms with Crippen molar-refractivity contribution in [2.24, 2.45) is 5.41 Å². The Morgan fingerprint density at radius 1 is 1.14 bits per heavy atom. The smallest absolute Gasteiger partial charge is 0.416 e. The Morgan fingerprint density at radius 3 is 2.37 bits per heavy atom. The molecule has 1 aromatic heterocycles. The molecule has 0 saturated carbocycles. The number of nitrogens with one attached hydrogen (secondary N) is 1. The van der Waals surface area contributed by atoms with Gasteiger partial charge in [-0.2, -0.15) is 13.2 Å². The van der Waals surface area contributed by atoms with Gasteiger partial charge in [-0.15, -0.1) is 0 Å². The van der Waals surface area contributed by atoms with Crippen LogP contribution in [0, 0.1) is 5.41 Å². The molecule has 6 nitrogen and oxygen atoms in total. The van der Waals surface area contributed by atoms with Gasteiger partial charge in [-0.1, -0.05) is 50.6 Å². The van der Waals surface area contributed by atoms with Crippen LogP contribution in [0.4, 0.5) is 13.2 Å². The van der Waals surface area contributed by atoms with E-state index in [1.165, 1.54) is 30.5 Å². The number of benzene rings is 2. The highest BCUT2D eigenvalue weighted by molar-refractivity contribution is 6.30. The normalized spacial score (nSPS) is 12.9. The van der Waals surface area contributed by atoms with Crippen molar-refractivity contribution in [2.45, 2.75) is 46.0 Å². The first-order chi connectivity index (χ1) is 16.3. The van der Waals surface area contributed by atoms with Crippen LogP contribution in [0.25, 0.3) is 10.8 Å². The van der Waals surface area contributed by atoms with Gasteiger partial charge in [0, 0.05) is 17.0 Å². The van der Waals surface area contributed by atoms with Crippen molar-refractivity contribution in [1.29, 1.82) is 0 Å². The number of aromatic nitrogens is 1. The number of nitrogens with zero attached hydrogens (tertiary/aromatic N) is 1. The second kappa shape index (κ2) is 10.1. The first-order valence-corrected chi connectivity index (χ1v) is 11.1. The van der Waals surface area contributed by atoms with Crippen molar-refractivity contribution in [2.75, 3.05) is 0 Å². The van der Waals surface area contributed by atoms with Gasteiger partial charge >= 0.3 is 12.1 Å². The number of hydrogen-bond acceptors (Lipinski definition) is 4. The predicted octanol–water partition coefficient (Wildman–Crippen LogP) is 6.11. The molecule has 3 rings (SSSR count). The first kappa shape index (κ1) is 26.3. The molecular formula is C25H24ClF3N2O4. The van der Waals surface area contributed by atoms with Crippen LogP contribution in [0.5, 0.6) is 5.75 Å². The third kappa shape index (κ3) is 6.03. The van der Waals surface area contributed by atoms with Crippen molar-refractivity contribution in [3.8, 4) is 5.75 Å². The fourth-order valence-electron chi connectivity index (χ4n) is 3.45. The van der Waals surface area contributed by atoms with E-state index in [0.29, 0.717) is 22.8 Å². The van der Waals surface area contributed by atoms with E-state index in [2.05, 4.69) is 10.3 Å². The largest absolute Gasteiger partial charge is 0.487 e.